The van der Waals surface area contributed by atoms with E-state index in [0.717, 1.165) is 17.0 Å². The number of aryl methyl sites for hydroxylation is 2. The van der Waals surface area contributed by atoms with Gasteiger partial charge in [-0.15, -0.1) is 13.2 Å². The number of fused-ring (bicyclic) bond motifs is 1. The van der Waals surface area contributed by atoms with E-state index in [1.807, 2.05) is 0 Å². The maximum absolute atomic E-state index is 13.3. The zero-order chi connectivity index (χ0) is 32.4. The van der Waals surface area contributed by atoms with Gasteiger partial charge in [0.05, 0.1) is 18.3 Å². The van der Waals surface area contributed by atoms with Crippen molar-refractivity contribution in [1.82, 2.24) is 15.1 Å². The summed E-state index contributed by atoms with van der Waals surface area (Å²) >= 11 is 0. The molecule has 2 aromatic rings. The van der Waals surface area contributed by atoms with Gasteiger partial charge in [-0.1, -0.05) is 13.0 Å². The zero-order valence-corrected chi connectivity index (χ0v) is 23.4. The Balaban J connectivity index is 1.88. The first-order valence-corrected chi connectivity index (χ1v) is 14.6. The van der Waals surface area contributed by atoms with E-state index >= 15 is 0 Å². The number of amides is 2. The third-order valence-electron chi connectivity index (χ3n) is 6.09. The van der Waals surface area contributed by atoms with Crippen LogP contribution in [0, 0.1) is 0 Å². The molecule has 43 heavy (non-hydrogen) atoms. The first kappa shape index (κ1) is 34.0. The minimum absolute atomic E-state index is 0.0264. The van der Waals surface area contributed by atoms with Gasteiger partial charge in [0, 0.05) is 19.2 Å². The summed E-state index contributed by atoms with van der Waals surface area (Å²) in [6.45, 7) is -1.31. The molecule has 19 heteroatoms. The first-order chi connectivity index (χ1) is 19.7. The summed E-state index contributed by atoms with van der Waals surface area (Å²) in [5.41, 5.74) is 0.841. The van der Waals surface area contributed by atoms with E-state index in [0.29, 0.717) is 11.1 Å². The fourth-order valence-corrected chi connectivity index (χ4v) is 4.78. The number of nitrogens with zero attached hydrogens (tertiary/aromatic N) is 2. The Hall–Kier alpha value is -3.48. The molecule has 0 aliphatic carbocycles. The molecule has 2 heterocycles. The molecule has 0 fully saturated rings. The van der Waals surface area contributed by atoms with Crippen molar-refractivity contribution in [2.45, 2.75) is 57.2 Å². The van der Waals surface area contributed by atoms with Gasteiger partial charge >= 0.3 is 18.5 Å². The Kier molecular flexibility index (Phi) is 9.99. The van der Waals surface area contributed by atoms with E-state index < -0.39 is 65.1 Å². The Labute approximate surface area is 239 Å². The minimum atomic E-state index is -5.80. The van der Waals surface area contributed by atoms with Crippen molar-refractivity contribution in [2.75, 3.05) is 30.5 Å². The minimum Gasteiger partial charge on any atom is -0.487 e. The molecular formula is C24H26F8N4O6S. The molecule has 2 amide bonds. The van der Waals surface area contributed by atoms with Crippen LogP contribution < -0.4 is 15.4 Å². The highest BCUT2D eigenvalue weighted by Crippen LogP contribution is 2.37. The molecule has 0 bridgehead atoms. The molecule has 240 valence electrons. The zero-order valence-electron chi connectivity index (χ0n) is 22.5. The van der Waals surface area contributed by atoms with Gasteiger partial charge in [0.15, 0.2) is 16.4 Å². The molecule has 0 radical (unpaired) electrons. The van der Waals surface area contributed by atoms with Crippen LogP contribution in [0.15, 0.2) is 18.2 Å². The molecule has 1 aromatic carbocycles. The lowest BCUT2D eigenvalue weighted by Gasteiger charge is -2.26. The Bertz CT molecular complexity index is 1460. The predicted octanol–water partition coefficient (Wildman–Crippen LogP) is 3.96. The highest BCUT2D eigenvalue weighted by atomic mass is 32.2. The van der Waals surface area contributed by atoms with Crippen molar-refractivity contribution in [2.24, 2.45) is 0 Å². The molecule has 10 nitrogen and oxygen atoms in total. The van der Waals surface area contributed by atoms with Crippen LogP contribution in [-0.4, -0.2) is 73.7 Å². The number of rotatable bonds is 12. The summed E-state index contributed by atoms with van der Waals surface area (Å²) in [5.74, 6) is -8.33. The normalized spacial score (nSPS) is 16.0. The maximum Gasteiger partial charge on any atom is 0.522 e. The summed E-state index contributed by atoms with van der Waals surface area (Å²) in [7, 11) is -3.78. The number of hydrogen-bond acceptors (Lipinski definition) is 7. The maximum atomic E-state index is 13.3. The van der Waals surface area contributed by atoms with Crippen molar-refractivity contribution in [3.05, 3.63) is 40.6 Å². The van der Waals surface area contributed by atoms with Crippen LogP contribution in [0.2, 0.25) is 0 Å². The lowest BCUT2D eigenvalue weighted by Crippen LogP contribution is -2.41. The van der Waals surface area contributed by atoms with Crippen molar-refractivity contribution in [1.29, 1.82) is 0 Å². The van der Waals surface area contributed by atoms with Gasteiger partial charge in [-0.2, -0.15) is 27.1 Å². The van der Waals surface area contributed by atoms with Crippen LogP contribution in [-0.2, 0) is 38.8 Å². The lowest BCUT2D eigenvalue weighted by atomic mass is 9.91. The summed E-state index contributed by atoms with van der Waals surface area (Å²) in [4.78, 5) is 25.5. The quantitative estimate of drug-likeness (QED) is 0.263. The van der Waals surface area contributed by atoms with E-state index in [1.54, 1.807) is 6.92 Å². The molecule has 3 rings (SSSR count). The smallest absolute Gasteiger partial charge is 0.487 e. The van der Waals surface area contributed by atoms with Gasteiger partial charge in [-0.3, -0.25) is 14.3 Å². The number of halogens is 8. The third kappa shape index (κ3) is 9.01. The largest absolute Gasteiger partial charge is 0.522 e. The van der Waals surface area contributed by atoms with Crippen LogP contribution in [0.1, 0.15) is 46.6 Å². The molecule has 0 saturated carbocycles. The number of nitrogens with one attached hydrogen (secondary N) is 2. The van der Waals surface area contributed by atoms with Crippen molar-refractivity contribution in [3.63, 3.8) is 0 Å². The molecular weight excluding hydrogens is 624 g/mol. The van der Waals surface area contributed by atoms with E-state index in [-0.39, 0.29) is 48.6 Å². The number of carbonyl (C=O) groups excluding carboxylic acids is 2. The second kappa shape index (κ2) is 12.6. The van der Waals surface area contributed by atoms with Crippen LogP contribution >= 0.6 is 0 Å². The topological polar surface area (TPSA) is 129 Å². The second-order valence-corrected chi connectivity index (χ2v) is 11.7. The lowest BCUT2D eigenvalue weighted by molar-refractivity contribution is -0.324. The van der Waals surface area contributed by atoms with Gasteiger partial charge in [-0.05, 0) is 36.1 Å². The highest BCUT2D eigenvalue weighted by molar-refractivity contribution is 7.91. The van der Waals surface area contributed by atoms with E-state index in [4.69, 9.17) is 0 Å². The molecule has 0 spiro atoms. The number of hydrogen-bond donors (Lipinski definition) is 2. The molecule has 2 N–H and O–H groups in total. The monoisotopic (exact) mass is 650 g/mol. The Morgan fingerprint density at radius 2 is 1.84 bits per heavy atom. The fourth-order valence-electron chi connectivity index (χ4n) is 4.23. The summed E-state index contributed by atoms with van der Waals surface area (Å²) < 4.78 is 134. The molecule has 1 aliphatic heterocycles. The fraction of sp³-hybridized carbons (Fsp3) is 0.542. The van der Waals surface area contributed by atoms with Gasteiger partial charge < -0.3 is 15.4 Å². The number of benzene rings is 1. The molecule has 1 aliphatic rings. The van der Waals surface area contributed by atoms with Crippen molar-refractivity contribution in [3.8, 4) is 5.75 Å². The van der Waals surface area contributed by atoms with E-state index in [2.05, 4.69) is 25.2 Å². The number of sulfone groups is 1. The Morgan fingerprint density at radius 3 is 2.42 bits per heavy atom. The average molecular weight is 651 g/mol. The Morgan fingerprint density at radius 1 is 1.16 bits per heavy atom. The number of ether oxygens (including phenoxy) is 2. The van der Waals surface area contributed by atoms with Crippen molar-refractivity contribution < 1.29 is 62.6 Å². The molecule has 1 aromatic heterocycles. The summed E-state index contributed by atoms with van der Waals surface area (Å²) in [6.07, 6.45) is -9.92. The van der Waals surface area contributed by atoms with Crippen LogP contribution in [0.3, 0.4) is 0 Å². The summed E-state index contributed by atoms with van der Waals surface area (Å²) in [6, 6.07) is 2.98. The first-order valence-electron chi connectivity index (χ1n) is 12.5. The molecule has 0 unspecified atom stereocenters. The SMILES string of the molecule is CCc1cc(OCC(F)(F)C(F)(F)F)ccc1[C@H]1Cc2nn(CCCOC(F)(F)F)c(NC(=O)CS(C)(=O)=O)c2C(=O)N1. The number of aromatic nitrogens is 2. The third-order valence-corrected chi connectivity index (χ3v) is 6.88. The van der Waals surface area contributed by atoms with Crippen molar-refractivity contribution >= 4 is 27.5 Å². The molecule has 1 atom stereocenters. The van der Waals surface area contributed by atoms with Gasteiger partial charge in [0.2, 0.25) is 5.91 Å². The predicted molar refractivity (Wildman–Crippen MR) is 133 cm³/mol. The van der Waals surface area contributed by atoms with Gasteiger partial charge in [0.25, 0.3) is 5.91 Å². The highest BCUT2D eigenvalue weighted by Gasteiger charge is 2.58. The number of carbonyl (C=O) groups is 2. The van der Waals surface area contributed by atoms with Gasteiger partial charge in [-0.25, -0.2) is 13.1 Å². The standard InChI is InChI=1S/C24H26F8N4O6S/c1-3-13-9-14(41-12-22(25,26)23(27,28)29)5-6-15(13)16-10-17-19(21(38)33-16)20(34-18(37)11-43(2,39)40)36(35-17)7-4-8-42-24(30,31)32/h5-6,9,16H,3-4,7-8,10-12H2,1-2H3,(H,33,38)(H,34,37)/t16-/m1/s1. The average Bonchev–Trinajstić information content (AvgIpc) is 3.20. The van der Waals surface area contributed by atoms with Crippen LogP contribution in [0.5, 0.6) is 5.75 Å². The van der Waals surface area contributed by atoms with E-state index in [9.17, 15) is 53.1 Å². The summed E-state index contributed by atoms with van der Waals surface area (Å²) in [5, 5.41) is 9.21. The van der Waals surface area contributed by atoms with Gasteiger partial charge in [0.1, 0.15) is 22.9 Å². The van der Waals surface area contributed by atoms with E-state index in [1.165, 1.54) is 12.1 Å². The second-order valence-electron chi connectivity index (χ2n) is 9.59. The number of anilines is 1. The van der Waals surface area contributed by atoms with Crippen LogP contribution in [0.25, 0.3) is 0 Å². The number of alkyl halides is 8. The van der Waals surface area contributed by atoms with Crippen LogP contribution in [0.4, 0.5) is 40.9 Å². The molecule has 0 saturated heterocycles.